The highest BCUT2D eigenvalue weighted by Gasteiger charge is 2.05. The molecule has 1 aromatic heterocycles. The number of carbonyl (C=O) groups excluding carboxylic acids is 1. The third-order valence-corrected chi connectivity index (χ3v) is 2.38. The Balaban J connectivity index is 2.46. The number of anilines is 1. The lowest BCUT2D eigenvalue weighted by Crippen LogP contribution is -2.25. The fourth-order valence-corrected chi connectivity index (χ4v) is 1.36. The minimum atomic E-state index is -0.0835. The third-order valence-electron chi connectivity index (χ3n) is 2.38. The minimum absolute atomic E-state index is 0.0835. The first-order valence-corrected chi connectivity index (χ1v) is 5.77. The summed E-state index contributed by atoms with van der Waals surface area (Å²) in [5.74, 6) is 0.754. The van der Waals surface area contributed by atoms with Crippen molar-refractivity contribution in [3.05, 3.63) is 23.9 Å². The zero-order valence-electron chi connectivity index (χ0n) is 10.4. The van der Waals surface area contributed by atoms with Crippen LogP contribution in [0.3, 0.4) is 0 Å². The van der Waals surface area contributed by atoms with Gasteiger partial charge in [-0.15, -0.1) is 0 Å². The summed E-state index contributed by atoms with van der Waals surface area (Å²) in [6, 6.07) is 3.61. The summed E-state index contributed by atoms with van der Waals surface area (Å²) >= 11 is 0. The first kappa shape index (κ1) is 13.4. The van der Waals surface area contributed by atoms with E-state index in [0.29, 0.717) is 18.7 Å². The summed E-state index contributed by atoms with van der Waals surface area (Å²) in [6.45, 7) is 1.32. The molecular formula is C12H20N4O. The Morgan fingerprint density at radius 3 is 2.71 bits per heavy atom. The van der Waals surface area contributed by atoms with Crippen LogP contribution in [0, 0.1) is 0 Å². The van der Waals surface area contributed by atoms with Crippen molar-refractivity contribution in [3.8, 4) is 0 Å². The molecule has 3 N–H and O–H groups in total. The average molecular weight is 236 g/mol. The van der Waals surface area contributed by atoms with E-state index < -0.39 is 0 Å². The highest BCUT2D eigenvalue weighted by molar-refractivity contribution is 5.94. The summed E-state index contributed by atoms with van der Waals surface area (Å²) in [7, 11) is 3.82. The van der Waals surface area contributed by atoms with Gasteiger partial charge in [0.2, 0.25) is 0 Å². The van der Waals surface area contributed by atoms with E-state index in [4.69, 9.17) is 5.73 Å². The van der Waals surface area contributed by atoms with Gasteiger partial charge in [-0.05, 0) is 31.5 Å². The van der Waals surface area contributed by atoms with E-state index in [0.717, 1.165) is 18.7 Å². The maximum Gasteiger partial charge on any atom is 0.252 e. The molecule has 0 aliphatic carbocycles. The number of hydrogen-bond donors (Lipinski definition) is 2. The molecule has 0 spiro atoms. The van der Waals surface area contributed by atoms with E-state index in [-0.39, 0.29) is 5.91 Å². The van der Waals surface area contributed by atoms with Gasteiger partial charge in [-0.25, -0.2) is 4.98 Å². The number of nitrogens with one attached hydrogen (secondary N) is 1. The SMILES string of the molecule is CN(C)c1ccc(C(=O)NCCCCN)cn1. The summed E-state index contributed by atoms with van der Waals surface area (Å²) < 4.78 is 0. The molecule has 17 heavy (non-hydrogen) atoms. The van der Waals surface area contributed by atoms with Crippen molar-refractivity contribution < 1.29 is 4.79 Å². The van der Waals surface area contributed by atoms with E-state index in [2.05, 4.69) is 10.3 Å². The van der Waals surface area contributed by atoms with Crippen molar-refractivity contribution in [3.63, 3.8) is 0 Å². The molecule has 0 bridgehead atoms. The number of amides is 1. The van der Waals surface area contributed by atoms with Crippen molar-refractivity contribution in [2.75, 3.05) is 32.1 Å². The van der Waals surface area contributed by atoms with E-state index in [9.17, 15) is 4.79 Å². The number of nitrogens with two attached hydrogens (primary N) is 1. The van der Waals surface area contributed by atoms with Gasteiger partial charge in [-0.3, -0.25) is 4.79 Å². The monoisotopic (exact) mass is 236 g/mol. The number of unbranched alkanes of at least 4 members (excludes halogenated alkanes) is 1. The largest absolute Gasteiger partial charge is 0.363 e. The minimum Gasteiger partial charge on any atom is -0.363 e. The molecule has 0 aromatic carbocycles. The van der Waals surface area contributed by atoms with Crippen LogP contribution >= 0.6 is 0 Å². The van der Waals surface area contributed by atoms with E-state index in [1.807, 2.05) is 25.1 Å². The number of hydrogen-bond acceptors (Lipinski definition) is 4. The zero-order valence-corrected chi connectivity index (χ0v) is 10.4. The number of nitrogens with zero attached hydrogens (tertiary/aromatic N) is 2. The molecule has 0 aliphatic rings. The molecule has 0 saturated carbocycles. The molecule has 5 nitrogen and oxygen atoms in total. The lowest BCUT2D eigenvalue weighted by atomic mass is 10.2. The first-order valence-electron chi connectivity index (χ1n) is 5.77. The van der Waals surface area contributed by atoms with Crippen molar-refractivity contribution >= 4 is 11.7 Å². The second kappa shape index (κ2) is 6.85. The highest BCUT2D eigenvalue weighted by Crippen LogP contribution is 2.07. The Bertz CT molecular complexity index is 348. The lowest BCUT2D eigenvalue weighted by Gasteiger charge is -2.11. The maximum atomic E-state index is 11.7. The Kier molecular flexibility index (Phi) is 5.42. The van der Waals surface area contributed by atoms with Crippen LogP contribution in [0.4, 0.5) is 5.82 Å². The summed E-state index contributed by atoms with van der Waals surface area (Å²) in [5.41, 5.74) is 5.96. The van der Waals surface area contributed by atoms with Crippen molar-refractivity contribution in [1.82, 2.24) is 10.3 Å². The number of pyridine rings is 1. The van der Waals surface area contributed by atoms with Gasteiger partial charge in [-0.2, -0.15) is 0 Å². The summed E-state index contributed by atoms with van der Waals surface area (Å²) in [6.07, 6.45) is 3.43. The fraction of sp³-hybridized carbons (Fsp3) is 0.500. The second-order valence-corrected chi connectivity index (χ2v) is 4.05. The number of rotatable bonds is 6. The van der Waals surface area contributed by atoms with E-state index in [1.165, 1.54) is 0 Å². The molecule has 5 heteroatoms. The lowest BCUT2D eigenvalue weighted by molar-refractivity contribution is 0.0952. The Labute approximate surface area is 102 Å². The van der Waals surface area contributed by atoms with E-state index in [1.54, 1.807) is 12.3 Å². The van der Waals surface area contributed by atoms with Crippen LogP contribution in [-0.2, 0) is 0 Å². The highest BCUT2D eigenvalue weighted by atomic mass is 16.1. The molecule has 0 aliphatic heterocycles. The second-order valence-electron chi connectivity index (χ2n) is 4.05. The van der Waals surface area contributed by atoms with Crippen LogP contribution in [-0.4, -0.2) is 38.1 Å². The van der Waals surface area contributed by atoms with Gasteiger partial charge in [0, 0.05) is 26.8 Å². The van der Waals surface area contributed by atoms with Crippen LogP contribution in [0.2, 0.25) is 0 Å². The number of carbonyl (C=O) groups is 1. The Morgan fingerprint density at radius 2 is 2.18 bits per heavy atom. The molecule has 94 valence electrons. The quantitative estimate of drug-likeness (QED) is 0.710. The van der Waals surface area contributed by atoms with Crippen LogP contribution in [0.1, 0.15) is 23.2 Å². The van der Waals surface area contributed by atoms with E-state index >= 15 is 0 Å². The predicted molar refractivity (Wildman–Crippen MR) is 69.2 cm³/mol. The molecule has 1 aromatic rings. The maximum absolute atomic E-state index is 11.7. The first-order chi connectivity index (χ1) is 8.15. The average Bonchev–Trinajstić information content (AvgIpc) is 2.34. The topological polar surface area (TPSA) is 71.2 Å². The molecule has 0 fully saturated rings. The molecule has 1 amide bonds. The molecule has 1 heterocycles. The van der Waals surface area contributed by atoms with Crippen molar-refractivity contribution in [2.24, 2.45) is 5.73 Å². The third kappa shape index (κ3) is 4.40. The van der Waals surface area contributed by atoms with Crippen molar-refractivity contribution in [1.29, 1.82) is 0 Å². The van der Waals surface area contributed by atoms with Crippen LogP contribution in [0.15, 0.2) is 18.3 Å². The summed E-state index contributed by atoms with van der Waals surface area (Å²) in [4.78, 5) is 17.8. The van der Waals surface area contributed by atoms with Crippen LogP contribution in [0.25, 0.3) is 0 Å². The summed E-state index contributed by atoms with van der Waals surface area (Å²) in [5, 5.41) is 2.83. The van der Waals surface area contributed by atoms with Crippen molar-refractivity contribution in [2.45, 2.75) is 12.8 Å². The predicted octanol–water partition coefficient (Wildman–Crippen LogP) is 0.616. The zero-order chi connectivity index (χ0) is 12.7. The smallest absolute Gasteiger partial charge is 0.252 e. The normalized spacial score (nSPS) is 10.1. The molecular weight excluding hydrogens is 216 g/mol. The van der Waals surface area contributed by atoms with Gasteiger partial charge in [0.05, 0.1) is 5.56 Å². The molecule has 1 rings (SSSR count). The molecule has 0 unspecified atom stereocenters. The molecule has 0 saturated heterocycles. The Hall–Kier alpha value is -1.62. The standard InChI is InChI=1S/C12H20N4O/c1-16(2)11-6-5-10(9-15-11)12(17)14-8-4-3-7-13/h5-6,9H,3-4,7-8,13H2,1-2H3,(H,14,17). The Morgan fingerprint density at radius 1 is 1.41 bits per heavy atom. The van der Waals surface area contributed by atoms with Crippen LogP contribution in [0.5, 0.6) is 0 Å². The molecule has 0 radical (unpaired) electrons. The van der Waals surface area contributed by atoms with Gasteiger partial charge < -0.3 is 16.0 Å². The molecule has 0 atom stereocenters. The van der Waals surface area contributed by atoms with Gasteiger partial charge in [0.15, 0.2) is 0 Å². The number of aromatic nitrogens is 1. The van der Waals surface area contributed by atoms with Gasteiger partial charge in [-0.1, -0.05) is 0 Å². The van der Waals surface area contributed by atoms with Crippen LogP contribution < -0.4 is 16.0 Å². The van der Waals surface area contributed by atoms with Gasteiger partial charge in [0.1, 0.15) is 5.82 Å². The fourth-order valence-electron chi connectivity index (χ4n) is 1.36. The van der Waals surface area contributed by atoms with Gasteiger partial charge >= 0.3 is 0 Å². The van der Waals surface area contributed by atoms with Gasteiger partial charge in [0.25, 0.3) is 5.91 Å².